The summed E-state index contributed by atoms with van der Waals surface area (Å²) in [6.45, 7) is 4.95. The highest BCUT2D eigenvalue weighted by atomic mass is 16.5. The minimum Gasteiger partial charge on any atom is -0.459 e. The topological polar surface area (TPSA) is 48.4 Å². The number of carbonyl (C=O) groups excluding carboxylic acids is 1. The number of pyridine rings is 1. The summed E-state index contributed by atoms with van der Waals surface area (Å²) in [7, 11) is 0. The smallest absolute Gasteiger partial charge is 0.303 e. The van der Waals surface area contributed by atoms with Crippen LogP contribution in [0.3, 0.4) is 0 Å². The number of aromatic nitrogens is 1. The van der Waals surface area contributed by atoms with Gasteiger partial charge in [0, 0.05) is 19.2 Å². The molecule has 1 aromatic carbocycles. The zero-order valence-electron chi connectivity index (χ0n) is 13.7. The summed E-state index contributed by atoms with van der Waals surface area (Å²) >= 11 is 0. The standard InChI is InChI=1S/C19H23NO3/c1-15-11-18(12-19(20-15)14-23-16(2)21)9-6-10-22-13-17-7-4-3-5-8-17/h3-5,7-8,11-12H,6,9-10,13-14H2,1-2H3. The lowest BCUT2D eigenvalue weighted by Gasteiger charge is -2.08. The van der Waals surface area contributed by atoms with Gasteiger partial charge in [0.25, 0.3) is 0 Å². The van der Waals surface area contributed by atoms with Crippen LogP contribution >= 0.6 is 0 Å². The molecule has 0 aliphatic heterocycles. The van der Waals surface area contributed by atoms with Crippen LogP contribution in [0.15, 0.2) is 42.5 Å². The van der Waals surface area contributed by atoms with E-state index in [0.717, 1.165) is 30.8 Å². The molecule has 0 amide bonds. The highest BCUT2D eigenvalue weighted by Crippen LogP contribution is 2.10. The van der Waals surface area contributed by atoms with E-state index in [1.807, 2.05) is 31.2 Å². The van der Waals surface area contributed by atoms with E-state index in [9.17, 15) is 4.79 Å². The van der Waals surface area contributed by atoms with Crippen LogP contribution < -0.4 is 0 Å². The van der Waals surface area contributed by atoms with Crippen LogP contribution in [-0.4, -0.2) is 17.6 Å². The molecule has 0 aliphatic carbocycles. The Hall–Kier alpha value is -2.20. The van der Waals surface area contributed by atoms with E-state index in [1.54, 1.807) is 0 Å². The average Bonchev–Trinajstić information content (AvgIpc) is 2.53. The number of carbonyl (C=O) groups is 1. The second-order valence-electron chi connectivity index (χ2n) is 5.53. The molecule has 4 heteroatoms. The third kappa shape index (κ3) is 6.61. The molecule has 0 aliphatic rings. The van der Waals surface area contributed by atoms with E-state index in [4.69, 9.17) is 9.47 Å². The van der Waals surface area contributed by atoms with Crippen molar-refractivity contribution >= 4 is 5.97 Å². The van der Waals surface area contributed by atoms with Crippen molar-refractivity contribution in [1.82, 2.24) is 4.98 Å². The van der Waals surface area contributed by atoms with Crippen molar-refractivity contribution in [3.63, 3.8) is 0 Å². The lowest BCUT2D eigenvalue weighted by Crippen LogP contribution is -2.03. The van der Waals surface area contributed by atoms with Gasteiger partial charge in [-0.15, -0.1) is 0 Å². The predicted octanol–water partition coefficient (Wildman–Crippen LogP) is 3.60. The van der Waals surface area contributed by atoms with E-state index < -0.39 is 0 Å². The van der Waals surface area contributed by atoms with E-state index >= 15 is 0 Å². The van der Waals surface area contributed by atoms with Crippen molar-refractivity contribution in [2.75, 3.05) is 6.61 Å². The van der Waals surface area contributed by atoms with Gasteiger partial charge < -0.3 is 9.47 Å². The summed E-state index contributed by atoms with van der Waals surface area (Å²) in [5.41, 5.74) is 4.12. The number of esters is 1. The molecule has 2 rings (SSSR count). The van der Waals surface area contributed by atoms with Gasteiger partial charge >= 0.3 is 5.97 Å². The minimum atomic E-state index is -0.288. The first-order valence-electron chi connectivity index (χ1n) is 7.85. The third-order valence-electron chi connectivity index (χ3n) is 3.36. The summed E-state index contributed by atoms with van der Waals surface area (Å²) in [6.07, 6.45) is 1.87. The maximum Gasteiger partial charge on any atom is 0.303 e. The summed E-state index contributed by atoms with van der Waals surface area (Å²) in [5, 5.41) is 0. The van der Waals surface area contributed by atoms with Crippen molar-refractivity contribution in [3.8, 4) is 0 Å². The van der Waals surface area contributed by atoms with Crippen molar-refractivity contribution in [2.45, 2.75) is 39.9 Å². The van der Waals surface area contributed by atoms with Gasteiger partial charge in [-0.05, 0) is 43.0 Å². The summed E-state index contributed by atoms with van der Waals surface area (Å²) in [4.78, 5) is 15.3. The van der Waals surface area contributed by atoms with Gasteiger partial charge in [0.15, 0.2) is 0 Å². The molecule has 0 saturated carbocycles. The van der Waals surface area contributed by atoms with Gasteiger partial charge in [-0.2, -0.15) is 0 Å². The van der Waals surface area contributed by atoms with Crippen molar-refractivity contribution in [3.05, 3.63) is 65.0 Å². The zero-order valence-corrected chi connectivity index (χ0v) is 13.7. The quantitative estimate of drug-likeness (QED) is 0.552. The van der Waals surface area contributed by atoms with Crippen LogP contribution in [0.25, 0.3) is 0 Å². The lowest BCUT2D eigenvalue weighted by atomic mass is 10.1. The average molecular weight is 313 g/mol. The Labute approximate surface area is 137 Å². The maximum atomic E-state index is 10.9. The van der Waals surface area contributed by atoms with Crippen LogP contribution in [0.4, 0.5) is 0 Å². The van der Waals surface area contributed by atoms with Gasteiger partial charge in [0.05, 0.1) is 12.3 Å². The zero-order chi connectivity index (χ0) is 16.5. The highest BCUT2D eigenvalue weighted by molar-refractivity contribution is 5.65. The number of rotatable bonds is 8. The Bertz CT molecular complexity index is 626. The molecule has 0 bridgehead atoms. The van der Waals surface area contributed by atoms with Crippen LogP contribution in [0, 0.1) is 6.92 Å². The van der Waals surface area contributed by atoms with Crippen molar-refractivity contribution in [1.29, 1.82) is 0 Å². The second kappa shape index (κ2) is 9.06. The summed E-state index contributed by atoms with van der Waals surface area (Å²) < 4.78 is 10.7. The lowest BCUT2D eigenvalue weighted by molar-refractivity contribution is -0.142. The van der Waals surface area contributed by atoms with Gasteiger partial charge in [0.1, 0.15) is 6.61 Å². The van der Waals surface area contributed by atoms with Crippen LogP contribution in [0.1, 0.15) is 35.9 Å². The fourth-order valence-corrected chi connectivity index (χ4v) is 2.35. The highest BCUT2D eigenvalue weighted by Gasteiger charge is 2.03. The summed E-state index contributed by atoms with van der Waals surface area (Å²) in [5.74, 6) is -0.288. The molecule has 0 radical (unpaired) electrons. The number of aryl methyl sites for hydroxylation is 2. The van der Waals surface area contributed by atoms with Gasteiger partial charge in [0.2, 0.25) is 0 Å². The first-order valence-corrected chi connectivity index (χ1v) is 7.85. The Morgan fingerprint density at radius 2 is 1.87 bits per heavy atom. The molecule has 0 atom stereocenters. The number of nitrogens with zero attached hydrogens (tertiary/aromatic N) is 1. The van der Waals surface area contributed by atoms with Gasteiger partial charge in [-0.3, -0.25) is 9.78 Å². The van der Waals surface area contributed by atoms with E-state index in [2.05, 4.69) is 23.2 Å². The molecular formula is C19H23NO3. The second-order valence-corrected chi connectivity index (χ2v) is 5.53. The molecule has 0 saturated heterocycles. The molecule has 122 valence electrons. The minimum absolute atomic E-state index is 0.231. The third-order valence-corrected chi connectivity index (χ3v) is 3.36. The van der Waals surface area contributed by atoms with E-state index in [0.29, 0.717) is 6.61 Å². The Morgan fingerprint density at radius 3 is 2.61 bits per heavy atom. The predicted molar refractivity (Wildman–Crippen MR) is 88.9 cm³/mol. The molecule has 23 heavy (non-hydrogen) atoms. The van der Waals surface area contributed by atoms with Gasteiger partial charge in [-0.25, -0.2) is 0 Å². The fraction of sp³-hybridized carbons (Fsp3) is 0.368. The molecule has 0 fully saturated rings. The maximum absolute atomic E-state index is 10.9. The van der Waals surface area contributed by atoms with Crippen LogP contribution in [-0.2, 0) is 33.9 Å². The normalized spacial score (nSPS) is 10.5. The molecule has 1 heterocycles. The SMILES string of the molecule is CC(=O)OCc1cc(CCCOCc2ccccc2)cc(C)n1. The number of hydrogen-bond donors (Lipinski definition) is 0. The number of ether oxygens (including phenoxy) is 2. The van der Waals surface area contributed by atoms with E-state index in [1.165, 1.54) is 18.1 Å². The molecule has 1 aromatic heterocycles. The molecule has 4 nitrogen and oxygen atoms in total. The van der Waals surface area contributed by atoms with Crippen LogP contribution in [0.5, 0.6) is 0 Å². The molecule has 0 N–H and O–H groups in total. The monoisotopic (exact) mass is 313 g/mol. The Balaban J connectivity index is 1.75. The summed E-state index contributed by atoms with van der Waals surface area (Å²) in [6, 6.07) is 14.2. The number of hydrogen-bond acceptors (Lipinski definition) is 4. The first-order chi connectivity index (χ1) is 11.1. The van der Waals surface area contributed by atoms with Crippen molar-refractivity contribution < 1.29 is 14.3 Å². The molecular weight excluding hydrogens is 290 g/mol. The van der Waals surface area contributed by atoms with E-state index in [-0.39, 0.29) is 12.6 Å². The molecule has 0 unspecified atom stereocenters. The van der Waals surface area contributed by atoms with Crippen molar-refractivity contribution in [2.24, 2.45) is 0 Å². The Morgan fingerprint density at radius 1 is 1.09 bits per heavy atom. The molecule has 2 aromatic rings. The fourth-order valence-electron chi connectivity index (χ4n) is 2.35. The number of benzene rings is 1. The Kier molecular flexibility index (Phi) is 6.76. The van der Waals surface area contributed by atoms with Crippen LogP contribution in [0.2, 0.25) is 0 Å². The largest absolute Gasteiger partial charge is 0.459 e. The van der Waals surface area contributed by atoms with Gasteiger partial charge in [-0.1, -0.05) is 30.3 Å². The first kappa shape index (κ1) is 17.2. The molecule has 0 spiro atoms.